The number of esters is 1. The Bertz CT molecular complexity index is 814. The molecule has 4 nitrogen and oxygen atoms in total. The highest BCUT2D eigenvalue weighted by atomic mass is 16.5. The van der Waals surface area contributed by atoms with E-state index in [4.69, 9.17) is 4.74 Å². The van der Waals surface area contributed by atoms with Gasteiger partial charge in [0.15, 0.2) is 0 Å². The largest absolute Gasteiger partial charge is 0.458 e. The number of carbonyl (C=O) groups is 2. The third-order valence-electron chi connectivity index (χ3n) is 5.90. The van der Waals surface area contributed by atoms with Gasteiger partial charge in [-0.1, -0.05) is 57.5 Å². The summed E-state index contributed by atoms with van der Waals surface area (Å²) in [6.07, 6.45) is 3.20. The molecule has 2 aromatic carbocycles. The van der Waals surface area contributed by atoms with Gasteiger partial charge in [0.1, 0.15) is 6.10 Å². The van der Waals surface area contributed by atoms with Crippen LogP contribution < -0.4 is 5.32 Å². The molecule has 1 fully saturated rings. The Hall–Kier alpha value is -2.62. The van der Waals surface area contributed by atoms with Gasteiger partial charge < -0.3 is 10.1 Å². The van der Waals surface area contributed by atoms with E-state index in [0.29, 0.717) is 35.4 Å². The highest BCUT2D eigenvalue weighted by molar-refractivity contribution is 5.96. The number of amides is 1. The Kier molecular flexibility index (Phi) is 7.08. The van der Waals surface area contributed by atoms with Crippen LogP contribution in [0, 0.1) is 17.8 Å². The lowest BCUT2D eigenvalue weighted by atomic mass is 9.75. The molecule has 1 aliphatic carbocycles. The van der Waals surface area contributed by atoms with Gasteiger partial charge in [-0.25, -0.2) is 4.79 Å². The maximum absolute atomic E-state index is 12.7. The van der Waals surface area contributed by atoms with Gasteiger partial charge in [0, 0.05) is 12.1 Å². The van der Waals surface area contributed by atoms with Gasteiger partial charge in [-0.15, -0.1) is 0 Å². The summed E-state index contributed by atoms with van der Waals surface area (Å²) < 4.78 is 5.89. The summed E-state index contributed by atoms with van der Waals surface area (Å²) >= 11 is 0. The van der Waals surface area contributed by atoms with Crippen LogP contribution in [0.2, 0.25) is 0 Å². The monoisotopic (exact) mass is 393 g/mol. The van der Waals surface area contributed by atoms with Crippen molar-refractivity contribution in [3.8, 4) is 0 Å². The molecule has 29 heavy (non-hydrogen) atoms. The topological polar surface area (TPSA) is 55.4 Å². The molecule has 1 amide bonds. The predicted molar refractivity (Wildman–Crippen MR) is 115 cm³/mol. The number of rotatable bonds is 6. The molecule has 0 bridgehead atoms. The van der Waals surface area contributed by atoms with Crippen molar-refractivity contribution in [2.45, 2.75) is 52.7 Å². The van der Waals surface area contributed by atoms with Crippen molar-refractivity contribution in [3.05, 3.63) is 71.3 Å². The van der Waals surface area contributed by atoms with Gasteiger partial charge >= 0.3 is 5.97 Å². The van der Waals surface area contributed by atoms with Crippen LogP contribution in [-0.2, 0) is 11.3 Å². The predicted octanol–water partition coefficient (Wildman–Crippen LogP) is 5.23. The minimum atomic E-state index is -0.300. The molecule has 0 saturated heterocycles. The number of hydrogen-bond donors (Lipinski definition) is 1. The van der Waals surface area contributed by atoms with E-state index < -0.39 is 0 Å². The molecule has 1 N–H and O–H groups in total. The summed E-state index contributed by atoms with van der Waals surface area (Å²) in [4.78, 5) is 25.0. The van der Waals surface area contributed by atoms with Crippen molar-refractivity contribution in [2.75, 3.05) is 0 Å². The van der Waals surface area contributed by atoms with Gasteiger partial charge in [0.2, 0.25) is 0 Å². The van der Waals surface area contributed by atoms with Crippen molar-refractivity contribution < 1.29 is 14.3 Å². The van der Waals surface area contributed by atoms with Gasteiger partial charge in [0.05, 0.1) is 5.56 Å². The van der Waals surface area contributed by atoms with E-state index in [0.717, 1.165) is 18.4 Å². The molecule has 0 aromatic heterocycles. The lowest BCUT2D eigenvalue weighted by Gasteiger charge is -2.36. The van der Waals surface area contributed by atoms with E-state index in [9.17, 15) is 9.59 Å². The number of benzene rings is 2. The molecule has 154 valence electrons. The average molecular weight is 394 g/mol. The number of carbonyl (C=O) groups excluding carboxylic acids is 2. The maximum atomic E-state index is 12.7. The first kappa shape index (κ1) is 21.1. The Morgan fingerprint density at radius 1 is 1.00 bits per heavy atom. The molecule has 1 saturated carbocycles. The van der Waals surface area contributed by atoms with Crippen LogP contribution in [-0.4, -0.2) is 18.0 Å². The number of nitrogens with one attached hydrogen (secondary N) is 1. The molecule has 0 unspecified atom stereocenters. The molecular weight excluding hydrogens is 362 g/mol. The maximum Gasteiger partial charge on any atom is 0.338 e. The molecule has 3 atom stereocenters. The first-order chi connectivity index (χ1) is 13.9. The first-order valence-electron chi connectivity index (χ1n) is 10.6. The summed E-state index contributed by atoms with van der Waals surface area (Å²) in [5.41, 5.74) is 2.07. The van der Waals surface area contributed by atoms with Crippen molar-refractivity contribution in [2.24, 2.45) is 17.8 Å². The Morgan fingerprint density at radius 3 is 2.31 bits per heavy atom. The summed E-state index contributed by atoms with van der Waals surface area (Å²) in [6.45, 7) is 7.09. The fraction of sp³-hybridized carbons (Fsp3) is 0.440. The summed E-state index contributed by atoms with van der Waals surface area (Å²) in [5, 5.41) is 2.90. The summed E-state index contributed by atoms with van der Waals surface area (Å²) in [5.74, 6) is 1.04. The summed E-state index contributed by atoms with van der Waals surface area (Å²) in [6, 6.07) is 16.5. The normalized spacial score (nSPS) is 21.6. The lowest BCUT2D eigenvalue weighted by Crippen LogP contribution is -2.35. The molecule has 0 spiro atoms. The Balaban J connectivity index is 1.58. The quantitative estimate of drug-likeness (QED) is 0.683. The van der Waals surface area contributed by atoms with E-state index >= 15 is 0 Å². The Morgan fingerprint density at radius 2 is 1.66 bits per heavy atom. The number of ether oxygens (including phenoxy) is 1. The first-order valence-corrected chi connectivity index (χ1v) is 10.6. The van der Waals surface area contributed by atoms with Crippen LogP contribution in [0.5, 0.6) is 0 Å². The minimum absolute atomic E-state index is 0.0277. The highest BCUT2D eigenvalue weighted by Gasteiger charge is 2.33. The molecule has 4 heteroatoms. The molecule has 0 radical (unpaired) electrons. The fourth-order valence-corrected chi connectivity index (χ4v) is 4.09. The zero-order valence-corrected chi connectivity index (χ0v) is 17.6. The fourth-order valence-electron chi connectivity index (χ4n) is 4.09. The third kappa shape index (κ3) is 5.69. The van der Waals surface area contributed by atoms with Gasteiger partial charge in [-0.05, 0) is 60.4 Å². The zero-order valence-electron chi connectivity index (χ0n) is 17.6. The van der Waals surface area contributed by atoms with Crippen LogP contribution >= 0.6 is 0 Å². The van der Waals surface area contributed by atoms with Crippen molar-refractivity contribution in [1.82, 2.24) is 5.32 Å². The molecule has 0 heterocycles. The van der Waals surface area contributed by atoms with Crippen LogP contribution in [0.3, 0.4) is 0 Å². The van der Waals surface area contributed by atoms with Crippen molar-refractivity contribution in [1.29, 1.82) is 0 Å². The molecular formula is C25H31NO3. The number of hydrogen-bond acceptors (Lipinski definition) is 3. The van der Waals surface area contributed by atoms with E-state index in [-0.39, 0.29) is 18.0 Å². The highest BCUT2D eigenvalue weighted by Crippen LogP contribution is 2.35. The minimum Gasteiger partial charge on any atom is -0.458 e. The van der Waals surface area contributed by atoms with E-state index in [1.807, 2.05) is 30.3 Å². The standard InChI is InChI=1S/C25H31NO3/c1-17(2)22-14-9-18(3)15-23(22)29-25(28)21-12-10-20(11-13-21)24(27)26-16-19-7-5-4-6-8-19/h4-8,10-13,17-18,22-23H,9,14-16H2,1-3H3,(H,26,27)/t18-,22+,23-/m1/s1. The molecule has 0 aliphatic heterocycles. The van der Waals surface area contributed by atoms with Crippen molar-refractivity contribution in [3.63, 3.8) is 0 Å². The zero-order chi connectivity index (χ0) is 20.8. The van der Waals surface area contributed by atoms with E-state index in [1.165, 1.54) is 6.42 Å². The molecule has 1 aliphatic rings. The summed E-state index contributed by atoms with van der Waals surface area (Å²) in [7, 11) is 0. The molecule has 2 aromatic rings. The van der Waals surface area contributed by atoms with Gasteiger partial charge in [0.25, 0.3) is 5.91 Å². The second-order valence-electron chi connectivity index (χ2n) is 8.52. The van der Waals surface area contributed by atoms with Crippen molar-refractivity contribution >= 4 is 11.9 Å². The molecule has 3 rings (SSSR count). The van der Waals surface area contributed by atoms with Gasteiger partial charge in [-0.2, -0.15) is 0 Å². The van der Waals surface area contributed by atoms with Gasteiger partial charge in [-0.3, -0.25) is 4.79 Å². The van der Waals surface area contributed by atoms with Crippen LogP contribution in [0.4, 0.5) is 0 Å². The SMILES string of the molecule is CC(C)[C@@H]1CC[C@@H](C)C[C@H]1OC(=O)c1ccc(C(=O)NCc2ccccc2)cc1. The van der Waals surface area contributed by atoms with Crippen LogP contribution in [0.1, 0.15) is 66.3 Å². The third-order valence-corrected chi connectivity index (χ3v) is 5.90. The second kappa shape index (κ2) is 9.73. The van der Waals surface area contributed by atoms with Crippen LogP contribution in [0.25, 0.3) is 0 Å². The lowest BCUT2D eigenvalue weighted by molar-refractivity contribution is -0.0174. The Labute approximate surface area is 173 Å². The van der Waals surface area contributed by atoms with Crippen LogP contribution in [0.15, 0.2) is 54.6 Å². The van der Waals surface area contributed by atoms with E-state index in [2.05, 4.69) is 26.1 Å². The average Bonchev–Trinajstić information content (AvgIpc) is 2.72. The smallest absolute Gasteiger partial charge is 0.338 e. The second-order valence-corrected chi connectivity index (χ2v) is 8.52. The van der Waals surface area contributed by atoms with E-state index in [1.54, 1.807) is 24.3 Å².